The summed E-state index contributed by atoms with van der Waals surface area (Å²) in [7, 11) is 0. The average molecular weight is 265 g/mol. The lowest BCUT2D eigenvalue weighted by Crippen LogP contribution is -2.25. The van der Waals surface area contributed by atoms with Crippen LogP contribution in [-0.2, 0) is 0 Å². The number of benzene rings is 1. The van der Waals surface area contributed by atoms with Crippen molar-refractivity contribution < 1.29 is 4.79 Å². The summed E-state index contributed by atoms with van der Waals surface area (Å²) in [5.74, 6) is 0.523. The number of amides is 1. The number of aromatic amines is 1. The molecule has 0 atom stereocenters. The number of nitrogens with one attached hydrogen (secondary N) is 2. The second-order valence-corrected chi connectivity index (χ2v) is 5.29. The summed E-state index contributed by atoms with van der Waals surface area (Å²) in [4.78, 5) is 15.0. The third-order valence-corrected chi connectivity index (χ3v) is 3.07. The molecule has 0 aliphatic heterocycles. The van der Waals surface area contributed by atoms with Crippen LogP contribution in [0.4, 0.5) is 0 Å². The Morgan fingerprint density at radius 2 is 2.17 bits per heavy atom. The smallest absolute Gasteiger partial charge is 0.267 e. The van der Waals surface area contributed by atoms with Gasteiger partial charge in [0.2, 0.25) is 0 Å². The predicted octanol–water partition coefficient (Wildman–Crippen LogP) is 3.60. The van der Waals surface area contributed by atoms with Crippen LogP contribution in [0.5, 0.6) is 0 Å². The lowest BCUT2D eigenvalue weighted by molar-refractivity contribution is 0.0948. The maximum atomic E-state index is 11.9. The largest absolute Gasteiger partial charge is 0.351 e. The molecule has 1 aromatic carbocycles. The summed E-state index contributed by atoms with van der Waals surface area (Å²) in [5.41, 5.74) is 1.50. The zero-order valence-electron chi connectivity index (χ0n) is 10.6. The molecule has 3 nitrogen and oxygen atoms in total. The first kappa shape index (κ1) is 13.0. The highest BCUT2D eigenvalue weighted by Gasteiger charge is 2.09. The number of carbonyl (C=O) groups excluding carboxylic acids is 1. The predicted molar refractivity (Wildman–Crippen MR) is 75.1 cm³/mol. The molecule has 0 saturated heterocycles. The number of H-pyrrole nitrogens is 1. The van der Waals surface area contributed by atoms with Gasteiger partial charge in [0.15, 0.2) is 0 Å². The van der Waals surface area contributed by atoms with E-state index < -0.39 is 0 Å². The molecule has 96 valence electrons. The first-order valence-electron chi connectivity index (χ1n) is 6.12. The summed E-state index contributed by atoms with van der Waals surface area (Å²) in [5, 5.41) is 4.53. The maximum Gasteiger partial charge on any atom is 0.267 e. The van der Waals surface area contributed by atoms with Crippen molar-refractivity contribution in [1.82, 2.24) is 10.3 Å². The number of aromatic nitrogens is 1. The lowest BCUT2D eigenvalue weighted by atomic mass is 10.1. The third-order valence-electron chi connectivity index (χ3n) is 2.83. The van der Waals surface area contributed by atoms with Gasteiger partial charge < -0.3 is 10.3 Å². The van der Waals surface area contributed by atoms with Gasteiger partial charge in [-0.25, -0.2) is 0 Å². The Bertz CT molecular complexity index is 560. The summed E-state index contributed by atoms with van der Waals surface area (Å²) < 4.78 is 0. The molecule has 0 saturated carbocycles. The zero-order valence-corrected chi connectivity index (χ0v) is 11.3. The van der Waals surface area contributed by atoms with E-state index in [1.54, 1.807) is 6.07 Å². The molecule has 4 heteroatoms. The third kappa shape index (κ3) is 3.05. The first-order chi connectivity index (χ1) is 8.56. The first-order valence-corrected chi connectivity index (χ1v) is 6.50. The molecule has 0 bridgehead atoms. The van der Waals surface area contributed by atoms with Gasteiger partial charge in [-0.05, 0) is 36.6 Å². The maximum absolute atomic E-state index is 11.9. The van der Waals surface area contributed by atoms with Gasteiger partial charge in [-0.3, -0.25) is 4.79 Å². The molecule has 0 aliphatic carbocycles. The van der Waals surface area contributed by atoms with E-state index in [4.69, 9.17) is 11.6 Å². The Morgan fingerprint density at radius 1 is 1.39 bits per heavy atom. The van der Waals surface area contributed by atoms with Gasteiger partial charge in [0.05, 0.1) is 0 Å². The average Bonchev–Trinajstić information content (AvgIpc) is 2.71. The van der Waals surface area contributed by atoms with Crippen LogP contribution in [0.15, 0.2) is 24.3 Å². The zero-order chi connectivity index (χ0) is 13.1. The van der Waals surface area contributed by atoms with E-state index in [1.165, 1.54) is 0 Å². The molecular formula is C14H17ClN2O. The van der Waals surface area contributed by atoms with Crippen molar-refractivity contribution in [3.8, 4) is 0 Å². The molecule has 0 radical (unpaired) electrons. The Labute approximate surface area is 112 Å². The fourth-order valence-electron chi connectivity index (χ4n) is 1.80. The van der Waals surface area contributed by atoms with E-state index in [0.29, 0.717) is 23.2 Å². The molecule has 0 aliphatic rings. The van der Waals surface area contributed by atoms with Gasteiger partial charge in [0, 0.05) is 22.5 Å². The van der Waals surface area contributed by atoms with E-state index in [1.807, 2.05) is 18.2 Å². The van der Waals surface area contributed by atoms with Crippen molar-refractivity contribution in [1.29, 1.82) is 0 Å². The molecule has 0 unspecified atom stereocenters. The molecular weight excluding hydrogens is 248 g/mol. The number of hydrogen-bond acceptors (Lipinski definition) is 1. The second kappa shape index (κ2) is 5.44. The van der Waals surface area contributed by atoms with Crippen LogP contribution in [0.2, 0.25) is 5.02 Å². The van der Waals surface area contributed by atoms with E-state index in [9.17, 15) is 4.79 Å². The molecule has 18 heavy (non-hydrogen) atoms. The fraction of sp³-hybridized carbons (Fsp3) is 0.357. The topological polar surface area (TPSA) is 44.9 Å². The molecule has 0 spiro atoms. The minimum Gasteiger partial charge on any atom is -0.351 e. The normalized spacial score (nSPS) is 11.1. The van der Waals surface area contributed by atoms with Gasteiger partial charge in [-0.15, -0.1) is 0 Å². The Hall–Kier alpha value is -1.48. The number of hydrogen-bond donors (Lipinski definition) is 2. The van der Waals surface area contributed by atoms with E-state index in [2.05, 4.69) is 24.1 Å². The standard InChI is InChI=1S/C14H17ClN2O/c1-9(2)5-6-16-14(18)13-8-10-7-11(15)3-4-12(10)17-13/h3-4,7-9,17H,5-6H2,1-2H3,(H,16,18). The second-order valence-electron chi connectivity index (χ2n) is 4.85. The van der Waals surface area contributed by atoms with Crippen molar-refractivity contribution in [2.75, 3.05) is 6.54 Å². The van der Waals surface area contributed by atoms with Crippen LogP contribution in [0.25, 0.3) is 10.9 Å². The lowest BCUT2D eigenvalue weighted by Gasteiger charge is -2.05. The van der Waals surface area contributed by atoms with Gasteiger partial charge in [-0.1, -0.05) is 25.4 Å². The summed E-state index contributed by atoms with van der Waals surface area (Å²) >= 11 is 5.91. The monoisotopic (exact) mass is 264 g/mol. The van der Waals surface area contributed by atoms with Crippen molar-refractivity contribution in [3.05, 3.63) is 35.0 Å². The van der Waals surface area contributed by atoms with Crippen molar-refractivity contribution in [3.63, 3.8) is 0 Å². The molecule has 2 rings (SSSR count). The van der Waals surface area contributed by atoms with Gasteiger partial charge in [0.1, 0.15) is 5.69 Å². The van der Waals surface area contributed by atoms with Gasteiger partial charge in [0.25, 0.3) is 5.91 Å². The molecule has 0 fully saturated rings. The van der Waals surface area contributed by atoms with E-state index >= 15 is 0 Å². The van der Waals surface area contributed by atoms with Crippen molar-refractivity contribution in [2.45, 2.75) is 20.3 Å². The van der Waals surface area contributed by atoms with Crippen LogP contribution in [0.1, 0.15) is 30.8 Å². The van der Waals surface area contributed by atoms with Crippen molar-refractivity contribution >= 4 is 28.4 Å². The van der Waals surface area contributed by atoms with Crippen LogP contribution in [0, 0.1) is 5.92 Å². The van der Waals surface area contributed by atoms with Crippen molar-refractivity contribution in [2.24, 2.45) is 5.92 Å². The SMILES string of the molecule is CC(C)CCNC(=O)c1cc2cc(Cl)ccc2[nH]1. The number of carbonyl (C=O) groups is 1. The van der Waals surface area contributed by atoms with Gasteiger partial charge in [-0.2, -0.15) is 0 Å². The minimum absolute atomic E-state index is 0.0667. The minimum atomic E-state index is -0.0667. The quantitative estimate of drug-likeness (QED) is 0.871. The fourth-order valence-corrected chi connectivity index (χ4v) is 1.98. The molecule has 1 amide bonds. The van der Waals surface area contributed by atoms with Crippen LogP contribution in [0.3, 0.4) is 0 Å². The summed E-state index contributed by atoms with van der Waals surface area (Å²) in [6, 6.07) is 7.35. The Balaban J connectivity index is 2.08. The number of fused-ring (bicyclic) bond motifs is 1. The molecule has 2 N–H and O–H groups in total. The number of rotatable bonds is 4. The Kier molecular flexibility index (Phi) is 3.92. The van der Waals surface area contributed by atoms with Crippen LogP contribution < -0.4 is 5.32 Å². The highest BCUT2D eigenvalue weighted by atomic mass is 35.5. The van der Waals surface area contributed by atoms with E-state index in [0.717, 1.165) is 17.3 Å². The molecule has 1 heterocycles. The van der Waals surface area contributed by atoms with Gasteiger partial charge >= 0.3 is 0 Å². The highest BCUT2D eigenvalue weighted by Crippen LogP contribution is 2.19. The van der Waals surface area contributed by atoms with Crippen LogP contribution >= 0.6 is 11.6 Å². The Morgan fingerprint density at radius 3 is 2.89 bits per heavy atom. The van der Waals surface area contributed by atoms with E-state index in [-0.39, 0.29) is 5.91 Å². The molecule has 2 aromatic rings. The van der Waals surface area contributed by atoms with Crippen LogP contribution in [-0.4, -0.2) is 17.4 Å². The molecule has 1 aromatic heterocycles. The summed E-state index contributed by atoms with van der Waals surface area (Å²) in [6.45, 7) is 4.97. The highest BCUT2D eigenvalue weighted by molar-refractivity contribution is 6.31. The summed E-state index contributed by atoms with van der Waals surface area (Å²) in [6.07, 6.45) is 0.984. The number of halogens is 1.